The van der Waals surface area contributed by atoms with Crippen LogP contribution in [0.2, 0.25) is 0 Å². The third-order valence-electron chi connectivity index (χ3n) is 5.41. The molecule has 1 N–H and O–H groups in total. The summed E-state index contributed by atoms with van der Waals surface area (Å²) < 4.78 is 21.0. The summed E-state index contributed by atoms with van der Waals surface area (Å²) in [4.78, 5) is 34.1. The summed E-state index contributed by atoms with van der Waals surface area (Å²) in [5, 5.41) is 0. The van der Waals surface area contributed by atoms with E-state index in [1.54, 1.807) is 23.1 Å². The fourth-order valence-corrected chi connectivity index (χ4v) is 3.81. The first-order chi connectivity index (χ1) is 15.1. The number of rotatable bonds is 3. The number of aromatic amines is 1. The number of halogens is 1. The Hall–Kier alpha value is -3.94. The molecule has 0 bridgehead atoms. The quantitative estimate of drug-likeness (QED) is 0.552. The molecule has 0 aliphatic carbocycles. The Morgan fingerprint density at radius 2 is 1.90 bits per heavy atom. The summed E-state index contributed by atoms with van der Waals surface area (Å²) in [6.45, 7) is 0.857. The number of imidazole rings is 1. The van der Waals surface area contributed by atoms with Gasteiger partial charge in [-0.15, -0.1) is 0 Å². The van der Waals surface area contributed by atoms with Crippen LogP contribution in [-0.4, -0.2) is 31.9 Å². The van der Waals surface area contributed by atoms with E-state index in [-0.39, 0.29) is 18.8 Å². The molecule has 5 rings (SSSR count). The molecule has 0 unspecified atom stereocenters. The maximum Gasteiger partial charge on any atom is 0.410 e. The van der Waals surface area contributed by atoms with Crippen molar-refractivity contribution in [1.82, 2.24) is 19.3 Å². The molecule has 0 saturated carbocycles. The van der Waals surface area contributed by atoms with Gasteiger partial charge in [0.1, 0.15) is 18.1 Å². The van der Waals surface area contributed by atoms with E-state index in [0.717, 1.165) is 16.8 Å². The molecule has 4 aromatic rings. The van der Waals surface area contributed by atoms with Gasteiger partial charge in [-0.05, 0) is 17.7 Å². The van der Waals surface area contributed by atoms with Crippen LogP contribution in [0.4, 0.5) is 9.18 Å². The number of ether oxygens (including phenoxy) is 1. The zero-order valence-corrected chi connectivity index (χ0v) is 16.5. The van der Waals surface area contributed by atoms with Crippen molar-refractivity contribution in [3.8, 4) is 11.3 Å². The van der Waals surface area contributed by atoms with E-state index in [2.05, 4.69) is 9.97 Å². The van der Waals surface area contributed by atoms with Gasteiger partial charge in [0.2, 0.25) is 0 Å². The SMILES string of the molecule is O=C(OCc1ccccc1)N1CCc2[nH]c(=O)n3cc(-c4ccccc4F)nc3c2C1. The van der Waals surface area contributed by atoms with E-state index in [1.807, 2.05) is 30.3 Å². The number of hydrogen-bond donors (Lipinski definition) is 1. The second-order valence-electron chi connectivity index (χ2n) is 7.40. The Kier molecular flexibility index (Phi) is 4.74. The molecule has 1 aliphatic heterocycles. The number of amides is 1. The number of H-pyrrole nitrogens is 1. The molecule has 31 heavy (non-hydrogen) atoms. The molecule has 0 spiro atoms. The zero-order valence-electron chi connectivity index (χ0n) is 16.5. The standard InChI is InChI=1S/C23H19FN4O3/c24-18-9-5-4-8-16(18)20-13-28-21(25-20)17-12-27(11-10-19(17)26-22(28)29)23(30)31-14-15-6-2-1-3-7-15/h1-9,13H,10-12,14H2,(H,26,29). The third-order valence-corrected chi connectivity index (χ3v) is 5.41. The van der Waals surface area contributed by atoms with Crippen molar-refractivity contribution in [2.75, 3.05) is 6.54 Å². The molecule has 7 nitrogen and oxygen atoms in total. The lowest BCUT2D eigenvalue weighted by atomic mass is 10.1. The Morgan fingerprint density at radius 3 is 2.71 bits per heavy atom. The van der Waals surface area contributed by atoms with Gasteiger partial charge in [-0.25, -0.2) is 19.0 Å². The van der Waals surface area contributed by atoms with Crippen LogP contribution >= 0.6 is 0 Å². The smallest absolute Gasteiger partial charge is 0.410 e. The molecule has 1 aliphatic rings. The predicted molar refractivity (Wildman–Crippen MR) is 112 cm³/mol. The second kappa shape index (κ2) is 7.71. The highest BCUT2D eigenvalue weighted by atomic mass is 19.1. The van der Waals surface area contributed by atoms with Gasteiger partial charge in [0.25, 0.3) is 0 Å². The van der Waals surface area contributed by atoms with Gasteiger partial charge in [0.15, 0.2) is 0 Å². The molecular formula is C23H19FN4O3. The largest absolute Gasteiger partial charge is 0.445 e. The summed E-state index contributed by atoms with van der Waals surface area (Å²) in [7, 11) is 0. The summed E-state index contributed by atoms with van der Waals surface area (Å²) in [6.07, 6.45) is 1.56. The molecule has 1 amide bonds. The summed E-state index contributed by atoms with van der Waals surface area (Å²) >= 11 is 0. The fourth-order valence-electron chi connectivity index (χ4n) is 3.81. The molecule has 0 saturated heterocycles. The number of carbonyl (C=O) groups is 1. The third kappa shape index (κ3) is 3.56. The van der Waals surface area contributed by atoms with Gasteiger partial charge in [0, 0.05) is 36.0 Å². The maximum atomic E-state index is 14.2. The number of aromatic nitrogens is 3. The molecular weight excluding hydrogens is 399 g/mol. The molecule has 156 valence electrons. The zero-order chi connectivity index (χ0) is 21.4. The van der Waals surface area contributed by atoms with Crippen LogP contribution in [0.15, 0.2) is 65.6 Å². The molecule has 0 atom stereocenters. The molecule has 2 aromatic heterocycles. The van der Waals surface area contributed by atoms with Crippen LogP contribution in [0.25, 0.3) is 16.9 Å². The Bertz CT molecular complexity index is 1330. The second-order valence-corrected chi connectivity index (χ2v) is 7.40. The first-order valence-corrected chi connectivity index (χ1v) is 9.94. The number of carbonyl (C=O) groups excluding carboxylic acids is 1. The Labute approximate surface area is 176 Å². The minimum atomic E-state index is -0.431. The van der Waals surface area contributed by atoms with Gasteiger partial charge in [-0.2, -0.15) is 0 Å². The average Bonchev–Trinajstić information content (AvgIpc) is 3.24. The van der Waals surface area contributed by atoms with E-state index in [4.69, 9.17) is 4.74 Å². The first-order valence-electron chi connectivity index (χ1n) is 9.94. The number of nitrogens with zero attached hydrogens (tertiary/aromatic N) is 3. The van der Waals surface area contributed by atoms with Crippen molar-refractivity contribution in [3.05, 3.63) is 93.9 Å². The minimum absolute atomic E-state index is 0.185. The van der Waals surface area contributed by atoms with Crippen LogP contribution < -0.4 is 5.69 Å². The van der Waals surface area contributed by atoms with Crippen molar-refractivity contribution in [2.45, 2.75) is 19.6 Å². The molecule has 0 radical (unpaired) electrons. The summed E-state index contributed by atoms with van der Waals surface area (Å²) in [5.74, 6) is -0.415. The van der Waals surface area contributed by atoms with Gasteiger partial charge in [-0.3, -0.25) is 4.40 Å². The van der Waals surface area contributed by atoms with Crippen molar-refractivity contribution in [2.24, 2.45) is 0 Å². The van der Waals surface area contributed by atoms with Gasteiger partial charge in [-0.1, -0.05) is 42.5 Å². The van der Waals surface area contributed by atoms with E-state index in [0.29, 0.717) is 29.9 Å². The lowest BCUT2D eigenvalue weighted by Gasteiger charge is -2.27. The number of nitrogens with one attached hydrogen (secondary N) is 1. The van der Waals surface area contributed by atoms with E-state index >= 15 is 0 Å². The fraction of sp³-hybridized carbons (Fsp3) is 0.174. The van der Waals surface area contributed by atoms with Crippen LogP contribution in [-0.2, 0) is 24.3 Å². The minimum Gasteiger partial charge on any atom is -0.445 e. The highest BCUT2D eigenvalue weighted by Gasteiger charge is 2.26. The predicted octanol–water partition coefficient (Wildman–Crippen LogP) is 3.52. The van der Waals surface area contributed by atoms with Gasteiger partial charge in [0.05, 0.1) is 12.2 Å². The molecule has 3 heterocycles. The van der Waals surface area contributed by atoms with Gasteiger partial charge >= 0.3 is 11.8 Å². The highest BCUT2D eigenvalue weighted by molar-refractivity contribution is 5.70. The van der Waals surface area contributed by atoms with Crippen molar-refractivity contribution in [3.63, 3.8) is 0 Å². The van der Waals surface area contributed by atoms with E-state index in [9.17, 15) is 14.0 Å². The van der Waals surface area contributed by atoms with Crippen molar-refractivity contribution in [1.29, 1.82) is 0 Å². The average molecular weight is 418 g/mol. The Balaban J connectivity index is 1.44. The summed E-state index contributed by atoms with van der Waals surface area (Å²) in [6, 6.07) is 15.7. The van der Waals surface area contributed by atoms with Gasteiger partial charge < -0.3 is 14.6 Å². The highest BCUT2D eigenvalue weighted by Crippen LogP contribution is 2.26. The molecule has 2 aromatic carbocycles. The van der Waals surface area contributed by atoms with E-state index < -0.39 is 11.9 Å². The topological polar surface area (TPSA) is 79.7 Å². The normalized spacial score (nSPS) is 13.3. The first kappa shape index (κ1) is 19.0. The van der Waals surface area contributed by atoms with Crippen LogP contribution in [0, 0.1) is 5.82 Å². The lowest BCUT2D eigenvalue weighted by molar-refractivity contribution is 0.0917. The Morgan fingerprint density at radius 1 is 1.13 bits per heavy atom. The molecule has 8 heteroatoms. The van der Waals surface area contributed by atoms with Crippen molar-refractivity contribution < 1.29 is 13.9 Å². The number of fused-ring (bicyclic) bond motifs is 3. The van der Waals surface area contributed by atoms with Crippen LogP contribution in [0.3, 0.4) is 0 Å². The van der Waals surface area contributed by atoms with Crippen LogP contribution in [0.1, 0.15) is 16.8 Å². The maximum absolute atomic E-state index is 14.2. The monoisotopic (exact) mass is 418 g/mol. The lowest BCUT2D eigenvalue weighted by Crippen LogP contribution is -2.38. The summed E-state index contributed by atoms with van der Waals surface area (Å²) in [5.41, 5.74) is 3.11. The van der Waals surface area contributed by atoms with Crippen molar-refractivity contribution >= 4 is 11.7 Å². The number of hydrogen-bond acceptors (Lipinski definition) is 4. The molecule has 0 fully saturated rings. The van der Waals surface area contributed by atoms with Crippen LogP contribution in [0.5, 0.6) is 0 Å². The number of benzene rings is 2. The van der Waals surface area contributed by atoms with E-state index in [1.165, 1.54) is 16.7 Å².